The number of pyridine rings is 1. The van der Waals surface area contributed by atoms with Gasteiger partial charge in [-0.05, 0) is 24.3 Å². The minimum absolute atomic E-state index is 0.104. The highest BCUT2D eigenvalue weighted by molar-refractivity contribution is 5.90. The zero-order valence-corrected chi connectivity index (χ0v) is 13.7. The van der Waals surface area contributed by atoms with Crippen LogP contribution < -0.4 is 10.3 Å². The second kappa shape index (κ2) is 5.97. The Morgan fingerprint density at radius 2 is 1.78 bits per heavy atom. The van der Waals surface area contributed by atoms with Crippen LogP contribution in [-0.2, 0) is 7.05 Å². The Hall–Kier alpha value is -3.63. The molecule has 0 atom stereocenters. The van der Waals surface area contributed by atoms with Crippen LogP contribution in [0.15, 0.2) is 47.7 Å². The summed E-state index contributed by atoms with van der Waals surface area (Å²) in [6.45, 7) is 0. The molecule has 1 aromatic carbocycles. The molecule has 4 aromatic rings. The molecule has 0 saturated heterocycles. The second-order valence-electron chi connectivity index (χ2n) is 5.68. The second-order valence-corrected chi connectivity index (χ2v) is 5.68. The highest BCUT2D eigenvalue weighted by Gasteiger charge is 2.31. The predicted molar refractivity (Wildman–Crippen MR) is 88.4 cm³/mol. The Bertz CT molecular complexity index is 1170. The number of aromatic nitrogens is 6. The highest BCUT2D eigenvalue weighted by atomic mass is 19.4. The summed E-state index contributed by atoms with van der Waals surface area (Å²) >= 11 is 0. The van der Waals surface area contributed by atoms with E-state index in [1.165, 1.54) is 16.7 Å². The van der Waals surface area contributed by atoms with Crippen LogP contribution in [0.2, 0.25) is 0 Å². The summed E-state index contributed by atoms with van der Waals surface area (Å²) in [5.41, 5.74) is 1.68. The molecule has 0 fully saturated rings. The molecule has 0 unspecified atom stereocenters. The third-order valence-corrected chi connectivity index (χ3v) is 3.85. The molecule has 0 radical (unpaired) electrons. The maximum Gasteiger partial charge on any atom is 0.573 e. The predicted octanol–water partition coefficient (Wildman–Crippen LogP) is 2.41. The van der Waals surface area contributed by atoms with E-state index < -0.39 is 11.9 Å². The number of nitrogens with zero attached hydrogens (tertiary/aromatic N) is 5. The van der Waals surface area contributed by atoms with Crippen molar-refractivity contribution in [1.82, 2.24) is 29.8 Å². The van der Waals surface area contributed by atoms with Crippen molar-refractivity contribution in [1.29, 1.82) is 0 Å². The molecule has 138 valence electrons. The van der Waals surface area contributed by atoms with Crippen LogP contribution in [0.3, 0.4) is 0 Å². The fourth-order valence-electron chi connectivity index (χ4n) is 2.70. The molecule has 0 saturated carbocycles. The lowest BCUT2D eigenvalue weighted by atomic mass is 10.1. The van der Waals surface area contributed by atoms with Crippen molar-refractivity contribution in [2.45, 2.75) is 6.36 Å². The van der Waals surface area contributed by atoms with Crippen LogP contribution in [0.5, 0.6) is 5.75 Å². The lowest BCUT2D eigenvalue weighted by Crippen LogP contribution is -2.19. The molecule has 11 heteroatoms. The Morgan fingerprint density at radius 1 is 1.07 bits per heavy atom. The monoisotopic (exact) mass is 376 g/mol. The zero-order chi connectivity index (χ0) is 19.2. The fourth-order valence-corrected chi connectivity index (χ4v) is 2.70. The van der Waals surface area contributed by atoms with Crippen LogP contribution in [-0.4, -0.2) is 36.1 Å². The van der Waals surface area contributed by atoms with E-state index in [-0.39, 0.29) is 11.3 Å². The van der Waals surface area contributed by atoms with Crippen molar-refractivity contribution in [3.63, 3.8) is 0 Å². The average molecular weight is 376 g/mol. The molecule has 4 rings (SSSR count). The first-order valence-corrected chi connectivity index (χ1v) is 7.63. The number of hydrogen-bond acceptors (Lipinski definition) is 5. The molecule has 0 aliphatic carbocycles. The summed E-state index contributed by atoms with van der Waals surface area (Å²) in [5.74, 6) is -0.380. The van der Waals surface area contributed by atoms with Gasteiger partial charge in [-0.15, -0.1) is 13.2 Å². The molecule has 0 spiro atoms. The minimum Gasteiger partial charge on any atom is -0.406 e. The number of benzene rings is 1. The van der Waals surface area contributed by atoms with Gasteiger partial charge in [0.15, 0.2) is 5.52 Å². The number of rotatable bonds is 3. The lowest BCUT2D eigenvalue weighted by molar-refractivity contribution is -0.274. The van der Waals surface area contributed by atoms with Gasteiger partial charge < -0.3 is 4.74 Å². The average Bonchev–Trinajstić information content (AvgIpc) is 3.24. The molecule has 0 aliphatic rings. The number of alkyl halides is 3. The molecule has 3 aromatic heterocycles. The van der Waals surface area contributed by atoms with Gasteiger partial charge >= 0.3 is 6.36 Å². The van der Waals surface area contributed by atoms with Crippen LogP contribution >= 0.6 is 0 Å². The van der Waals surface area contributed by atoms with Gasteiger partial charge in [-0.3, -0.25) is 14.0 Å². The number of ether oxygens (including phenoxy) is 1. The van der Waals surface area contributed by atoms with E-state index in [4.69, 9.17) is 0 Å². The Balaban J connectivity index is 1.85. The van der Waals surface area contributed by atoms with Gasteiger partial charge in [-0.1, -0.05) is 0 Å². The van der Waals surface area contributed by atoms with Crippen molar-refractivity contribution in [2.75, 3.05) is 0 Å². The largest absolute Gasteiger partial charge is 0.573 e. The van der Waals surface area contributed by atoms with Crippen molar-refractivity contribution in [3.8, 4) is 22.6 Å². The topological polar surface area (TPSA) is 90.6 Å². The van der Waals surface area contributed by atoms with Gasteiger partial charge in [0, 0.05) is 36.3 Å². The number of hydrogen-bond donors (Lipinski definition) is 1. The van der Waals surface area contributed by atoms with Gasteiger partial charge in [-0.2, -0.15) is 20.5 Å². The first-order chi connectivity index (χ1) is 12.8. The first-order valence-electron chi connectivity index (χ1n) is 7.63. The maximum atomic E-state index is 12.7. The van der Waals surface area contributed by atoms with E-state index in [0.717, 1.165) is 12.1 Å². The van der Waals surface area contributed by atoms with Crippen LogP contribution in [0, 0.1) is 0 Å². The normalized spacial score (nSPS) is 11.9. The van der Waals surface area contributed by atoms with E-state index in [2.05, 4.69) is 25.2 Å². The van der Waals surface area contributed by atoms with E-state index in [9.17, 15) is 18.0 Å². The summed E-state index contributed by atoms with van der Waals surface area (Å²) in [4.78, 5) is 12.7. The summed E-state index contributed by atoms with van der Waals surface area (Å²) in [7, 11) is 1.75. The third kappa shape index (κ3) is 3.14. The minimum atomic E-state index is -4.79. The number of fused-ring (bicyclic) bond motifs is 1. The van der Waals surface area contributed by atoms with E-state index in [0.29, 0.717) is 22.3 Å². The Labute approximate surface area is 148 Å². The van der Waals surface area contributed by atoms with Gasteiger partial charge in [0.05, 0.1) is 6.20 Å². The number of aromatic amines is 1. The molecule has 27 heavy (non-hydrogen) atoms. The first kappa shape index (κ1) is 16.8. The van der Waals surface area contributed by atoms with E-state index in [1.54, 1.807) is 30.3 Å². The number of halogens is 3. The van der Waals surface area contributed by atoms with Crippen molar-refractivity contribution in [2.24, 2.45) is 7.05 Å². The smallest absolute Gasteiger partial charge is 0.406 e. The Morgan fingerprint density at radius 3 is 2.41 bits per heavy atom. The van der Waals surface area contributed by atoms with Crippen LogP contribution in [0.25, 0.3) is 27.8 Å². The molecule has 1 N–H and O–H groups in total. The van der Waals surface area contributed by atoms with Gasteiger partial charge in [0.2, 0.25) is 0 Å². The van der Waals surface area contributed by atoms with E-state index >= 15 is 0 Å². The van der Waals surface area contributed by atoms with Crippen LogP contribution in [0.4, 0.5) is 13.2 Å². The lowest BCUT2D eigenvalue weighted by Gasteiger charge is -2.11. The molecule has 0 bridgehead atoms. The molecule has 8 nitrogen and oxygen atoms in total. The van der Waals surface area contributed by atoms with Crippen LogP contribution in [0.1, 0.15) is 0 Å². The van der Waals surface area contributed by atoms with Crippen molar-refractivity contribution >= 4 is 11.0 Å². The van der Waals surface area contributed by atoms with Crippen molar-refractivity contribution in [3.05, 3.63) is 53.2 Å². The SMILES string of the molecule is Cn1cc(-c2cn(-c3ccc(OC(F)(F)F)cc3)c(=O)c3n[nH]nc23)cn1. The van der Waals surface area contributed by atoms with Gasteiger partial charge in [0.1, 0.15) is 11.3 Å². The number of nitrogens with one attached hydrogen (secondary N) is 1. The van der Waals surface area contributed by atoms with Crippen molar-refractivity contribution < 1.29 is 17.9 Å². The standard InChI is InChI=1S/C16H11F3N6O2/c1-24-7-9(6-20-24)12-8-25(15(26)14-13(12)21-23-22-14)10-2-4-11(5-3-10)27-16(17,18)19/h2-8H,1H3,(H,21,22,23). The zero-order valence-electron chi connectivity index (χ0n) is 13.7. The molecule has 3 heterocycles. The summed E-state index contributed by atoms with van der Waals surface area (Å²) < 4.78 is 43.6. The quantitative estimate of drug-likeness (QED) is 0.593. The Kier molecular flexibility index (Phi) is 3.72. The maximum absolute atomic E-state index is 12.7. The highest BCUT2D eigenvalue weighted by Crippen LogP contribution is 2.26. The van der Waals surface area contributed by atoms with Gasteiger partial charge in [-0.25, -0.2) is 0 Å². The molecule has 0 aliphatic heterocycles. The third-order valence-electron chi connectivity index (χ3n) is 3.85. The number of aryl methyl sites for hydroxylation is 1. The summed E-state index contributed by atoms with van der Waals surface area (Å²) in [6.07, 6.45) is 0.117. The summed E-state index contributed by atoms with van der Waals surface area (Å²) in [5, 5.41) is 14.4. The van der Waals surface area contributed by atoms with Gasteiger partial charge in [0.25, 0.3) is 5.56 Å². The molecular weight excluding hydrogens is 365 g/mol. The fraction of sp³-hybridized carbons (Fsp3) is 0.125. The van der Waals surface area contributed by atoms with E-state index in [1.807, 2.05) is 0 Å². The molecular formula is C16H11F3N6O2. The summed E-state index contributed by atoms with van der Waals surface area (Å²) in [6, 6.07) is 4.96. The number of H-pyrrole nitrogens is 1. The molecule has 0 amide bonds.